The zero-order valence-corrected chi connectivity index (χ0v) is 13.9. The van der Waals surface area contributed by atoms with Crippen molar-refractivity contribution < 1.29 is 9.84 Å². The molecule has 0 spiro atoms. The molecule has 21 heavy (non-hydrogen) atoms. The van der Waals surface area contributed by atoms with Gasteiger partial charge in [0.25, 0.3) is 0 Å². The molecule has 122 valence electrons. The maximum absolute atomic E-state index is 10.2. The second kappa shape index (κ2) is 9.69. The van der Waals surface area contributed by atoms with Gasteiger partial charge in [-0.15, -0.1) is 18.8 Å². The van der Waals surface area contributed by atoms with Crippen molar-refractivity contribution in [3.63, 3.8) is 0 Å². The highest BCUT2D eigenvalue weighted by Gasteiger charge is 2.31. The quantitative estimate of drug-likeness (QED) is 0.792. The van der Waals surface area contributed by atoms with Crippen molar-refractivity contribution in [1.82, 2.24) is 4.90 Å². The average molecular weight is 316 g/mol. The molecule has 2 rings (SSSR count). The summed E-state index contributed by atoms with van der Waals surface area (Å²) in [6, 6.07) is 0. The van der Waals surface area contributed by atoms with Crippen LogP contribution in [0.4, 0.5) is 0 Å². The van der Waals surface area contributed by atoms with Gasteiger partial charge in [0.05, 0.1) is 12.7 Å². The summed E-state index contributed by atoms with van der Waals surface area (Å²) < 4.78 is 5.94. The molecule has 2 fully saturated rings. The number of β-amino-alcohol motifs (C(OH)–C–C–N with tert-alkyl or cyclic N) is 1. The molecule has 1 saturated carbocycles. The van der Waals surface area contributed by atoms with Gasteiger partial charge >= 0.3 is 0 Å². The number of nitrogens with zero attached hydrogens (tertiary/aromatic N) is 1. The molecule has 4 heteroatoms. The van der Waals surface area contributed by atoms with Crippen molar-refractivity contribution in [2.45, 2.75) is 69.5 Å². The van der Waals surface area contributed by atoms with E-state index in [1.807, 2.05) is 0 Å². The Balaban J connectivity index is 0.00000220. The summed E-state index contributed by atoms with van der Waals surface area (Å²) in [6.45, 7) is 3.32. The number of hydrogen-bond donors (Lipinski definition) is 1. The van der Waals surface area contributed by atoms with Crippen molar-refractivity contribution in [3.05, 3.63) is 0 Å². The zero-order valence-electron chi connectivity index (χ0n) is 13.1. The third kappa shape index (κ3) is 6.16. The molecule has 1 aliphatic heterocycles. The summed E-state index contributed by atoms with van der Waals surface area (Å²) in [6.07, 6.45) is 15.8. The van der Waals surface area contributed by atoms with Crippen molar-refractivity contribution >= 4 is 12.4 Å². The number of halogens is 1. The van der Waals surface area contributed by atoms with E-state index in [0.717, 1.165) is 45.3 Å². The number of likely N-dealkylation sites (tertiary alicyclic amines) is 1. The Morgan fingerprint density at radius 3 is 2.19 bits per heavy atom. The number of terminal acetylenes is 1. The Bertz CT molecular complexity index is 315. The largest absolute Gasteiger partial charge is 0.389 e. The molecule has 1 N–H and O–H groups in total. The minimum absolute atomic E-state index is 0. The molecule has 1 heterocycles. The van der Waals surface area contributed by atoms with Gasteiger partial charge in [-0.25, -0.2) is 0 Å². The van der Waals surface area contributed by atoms with Crippen molar-refractivity contribution in [1.29, 1.82) is 0 Å². The summed E-state index contributed by atoms with van der Waals surface area (Å²) in [5.41, 5.74) is -0.405. The van der Waals surface area contributed by atoms with E-state index in [0.29, 0.717) is 6.61 Å². The van der Waals surface area contributed by atoms with Crippen LogP contribution in [0.2, 0.25) is 0 Å². The Hall–Kier alpha value is -0.270. The first-order chi connectivity index (χ1) is 9.74. The number of ether oxygens (including phenoxy) is 1. The SMILES string of the molecule is C#CC1(OCC(O)CN2CCCCCC2)CCCCC1.Cl. The maximum atomic E-state index is 10.2. The minimum atomic E-state index is -0.416. The molecule has 0 aromatic carbocycles. The standard InChI is InChI=1S/C17H29NO2.ClH/c1-2-17(10-6-5-7-11-17)20-15-16(19)14-18-12-8-3-4-9-13-18;/h1,16,19H,3-15H2;1H. The Morgan fingerprint density at radius 2 is 1.62 bits per heavy atom. The van der Waals surface area contributed by atoms with Crippen LogP contribution in [0.5, 0.6) is 0 Å². The average Bonchev–Trinajstić information content (AvgIpc) is 2.75. The van der Waals surface area contributed by atoms with Gasteiger partial charge in [0, 0.05) is 6.54 Å². The third-order valence-corrected chi connectivity index (χ3v) is 4.64. The van der Waals surface area contributed by atoms with E-state index in [4.69, 9.17) is 11.2 Å². The lowest BCUT2D eigenvalue weighted by Gasteiger charge is -2.34. The number of hydrogen-bond acceptors (Lipinski definition) is 3. The lowest BCUT2D eigenvalue weighted by Crippen LogP contribution is -2.40. The smallest absolute Gasteiger partial charge is 0.128 e. The topological polar surface area (TPSA) is 32.7 Å². The molecular formula is C17H30ClNO2. The summed E-state index contributed by atoms with van der Waals surface area (Å²) in [4.78, 5) is 2.37. The van der Waals surface area contributed by atoms with Crippen LogP contribution in [0.15, 0.2) is 0 Å². The Morgan fingerprint density at radius 1 is 1.05 bits per heavy atom. The van der Waals surface area contributed by atoms with Crippen LogP contribution in [0, 0.1) is 12.3 Å². The fourth-order valence-corrected chi connectivity index (χ4v) is 3.38. The van der Waals surface area contributed by atoms with Crippen molar-refractivity contribution in [2.24, 2.45) is 0 Å². The van der Waals surface area contributed by atoms with Crippen LogP contribution in [-0.2, 0) is 4.74 Å². The lowest BCUT2D eigenvalue weighted by atomic mass is 9.85. The van der Waals surface area contributed by atoms with Gasteiger partial charge in [-0.3, -0.25) is 0 Å². The van der Waals surface area contributed by atoms with E-state index in [1.54, 1.807) is 0 Å². The molecular weight excluding hydrogens is 286 g/mol. The number of aliphatic hydroxyl groups excluding tert-OH is 1. The molecule has 1 saturated heterocycles. The Kier molecular flexibility index (Phi) is 8.66. The maximum Gasteiger partial charge on any atom is 0.128 e. The molecule has 2 aliphatic rings. The predicted molar refractivity (Wildman–Crippen MR) is 88.8 cm³/mol. The molecule has 0 amide bonds. The highest BCUT2D eigenvalue weighted by Crippen LogP contribution is 2.31. The lowest BCUT2D eigenvalue weighted by molar-refractivity contribution is -0.0695. The van der Waals surface area contributed by atoms with Gasteiger partial charge in [0.15, 0.2) is 0 Å². The fourth-order valence-electron chi connectivity index (χ4n) is 3.38. The van der Waals surface area contributed by atoms with Gasteiger partial charge in [0.1, 0.15) is 5.60 Å². The molecule has 0 radical (unpaired) electrons. The van der Waals surface area contributed by atoms with Crippen LogP contribution in [-0.4, -0.2) is 48.0 Å². The van der Waals surface area contributed by atoms with Gasteiger partial charge in [-0.1, -0.05) is 25.2 Å². The summed E-state index contributed by atoms with van der Waals surface area (Å²) >= 11 is 0. The van der Waals surface area contributed by atoms with Gasteiger partial charge in [-0.05, 0) is 51.6 Å². The van der Waals surface area contributed by atoms with Crippen LogP contribution < -0.4 is 0 Å². The van der Waals surface area contributed by atoms with E-state index in [1.165, 1.54) is 32.1 Å². The number of aliphatic hydroxyl groups is 1. The first-order valence-corrected chi connectivity index (χ1v) is 8.26. The van der Waals surface area contributed by atoms with E-state index >= 15 is 0 Å². The monoisotopic (exact) mass is 315 g/mol. The van der Waals surface area contributed by atoms with Crippen molar-refractivity contribution in [2.75, 3.05) is 26.2 Å². The molecule has 1 atom stereocenters. The third-order valence-electron chi connectivity index (χ3n) is 4.64. The molecule has 1 unspecified atom stereocenters. The highest BCUT2D eigenvalue weighted by molar-refractivity contribution is 5.85. The molecule has 1 aliphatic carbocycles. The normalized spacial score (nSPS) is 24.4. The summed E-state index contributed by atoms with van der Waals surface area (Å²) in [5, 5.41) is 10.2. The highest BCUT2D eigenvalue weighted by atomic mass is 35.5. The molecule has 0 bridgehead atoms. The van der Waals surface area contributed by atoms with Crippen LogP contribution in [0.3, 0.4) is 0 Å². The first kappa shape index (κ1) is 18.8. The van der Waals surface area contributed by atoms with Gasteiger partial charge < -0.3 is 14.7 Å². The number of rotatable bonds is 5. The zero-order chi connectivity index (χ0) is 14.3. The predicted octanol–water partition coefficient (Wildman–Crippen LogP) is 3.00. The fraction of sp³-hybridized carbons (Fsp3) is 0.882. The molecule has 0 aromatic heterocycles. The first-order valence-electron chi connectivity index (χ1n) is 8.26. The summed E-state index contributed by atoms with van der Waals surface area (Å²) in [7, 11) is 0. The second-order valence-corrected chi connectivity index (χ2v) is 6.38. The van der Waals surface area contributed by atoms with Crippen LogP contribution in [0.1, 0.15) is 57.8 Å². The van der Waals surface area contributed by atoms with Crippen LogP contribution >= 0.6 is 12.4 Å². The minimum Gasteiger partial charge on any atom is -0.389 e. The molecule has 0 aromatic rings. The van der Waals surface area contributed by atoms with Crippen molar-refractivity contribution in [3.8, 4) is 12.3 Å². The second-order valence-electron chi connectivity index (χ2n) is 6.38. The Labute approximate surface area is 135 Å². The molecule has 3 nitrogen and oxygen atoms in total. The van der Waals surface area contributed by atoms with E-state index in [2.05, 4.69) is 10.8 Å². The van der Waals surface area contributed by atoms with Crippen LogP contribution in [0.25, 0.3) is 0 Å². The van der Waals surface area contributed by atoms with E-state index in [-0.39, 0.29) is 12.4 Å². The van der Waals surface area contributed by atoms with E-state index in [9.17, 15) is 5.11 Å². The van der Waals surface area contributed by atoms with Gasteiger partial charge in [-0.2, -0.15) is 0 Å². The van der Waals surface area contributed by atoms with E-state index < -0.39 is 11.7 Å². The summed E-state index contributed by atoms with van der Waals surface area (Å²) in [5.74, 6) is 2.84. The van der Waals surface area contributed by atoms with Gasteiger partial charge in [0.2, 0.25) is 0 Å².